The second-order valence-electron chi connectivity index (χ2n) is 12.2. The van der Waals surface area contributed by atoms with Gasteiger partial charge in [-0.05, 0) is 99.5 Å². The average molecular weight is 671 g/mol. The number of nitrogens with one attached hydrogen (secondary N) is 5. The molecule has 11 nitrogen and oxygen atoms in total. The van der Waals surface area contributed by atoms with Gasteiger partial charge in [-0.25, -0.2) is 17.5 Å². The zero-order chi connectivity index (χ0) is 33.8. The number of pyridine rings is 1. The molecule has 7 N–H and O–H groups in total. The fourth-order valence-electron chi connectivity index (χ4n) is 5.79. The maximum atomic E-state index is 14.7. The lowest BCUT2D eigenvalue weighted by atomic mass is 10.0. The molecule has 0 bridgehead atoms. The van der Waals surface area contributed by atoms with Gasteiger partial charge in [0.2, 0.25) is 10.0 Å². The SMILES string of the molecule is CC(C)=C/C(=C\C(=C/N)C1=CC=c2[nH]nc(-c3cc4c(-c5cc(F)cc(CNS(C)(=O)=O)c5)cncc4[nH]3)c2=CN1)OC1CCNCC1. The van der Waals surface area contributed by atoms with Crippen LogP contribution in [0.1, 0.15) is 32.3 Å². The molecule has 3 aromatic heterocycles. The summed E-state index contributed by atoms with van der Waals surface area (Å²) in [5.74, 6) is 0.278. The van der Waals surface area contributed by atoms with Crippen molar-refractivity contribution in [2.75, 3.05) is 19.3 Å². The molecule has 0 atom stereocenters. The van der Waals surface area contributed by atoms with Gasteiger partial charge >= 0.3 is 0 Å². The second-order valence-corrected chi connectivity index (χ2v) is 14.0. The van der Waals surface area contributed by atoms with E-state index < -0.39 is 15.8 Å². The molecular weight excluding hydrogens is 632 g/mol. The largest absolute Gasteiger partial charge is 0.490 e. The van der Waals surface area contributed by atoms with Gasteiger partial charge < -0.3 is 26.1 Å². The number of halogens is 1. The predicted octanol–water partition coefficient (Wildman–Crippen LogP) is 3.28. The van der Waals surface area contributed by atoms with Gasteiger partial charge in [0.05, 0.1) is 29.0 Å². The first-order valence-electron chi connectivity index (χ1n) is 15.7. The minimum Gasteiger partial charge on any atom is -0.490 e. The lowest BCUT2D eigenvalue weighted by Gasteiger charge is -2.24. The van der Waals surface area contributed by atoms with Crippen molar-refractivity contribution in [3.63, 3.8) is 0 Å². The first kappa shape index (κ1) is 32.9. The van der Waals surface area contributed by atoms with E-state index in [1.54, 1.807) is 24.7 Å². The number of H-pyrrole nitrogens is 2. The Morgan fingerprint density at radius 1 is 1.12 bits per heavy atom. The summed E-state index contributed by atoms with van der Waals surface area (Å²) in [6.07, 6.45) is 17.8. The molecule has 2 aliphatic rings. The van der Waals surface area contributed by atoms with E-state index in [2.05, 4.69) is 35.5 Å². The number of nitrogens with two attached hydrogens (primary N) is 1. The van der Waals surface area contributed by atoms with Crippen molar-refractivity contribution < 1.29 is 17.5 Å². The number of hydrogen-bond donors (Lipinski definition) is 6. The summed E-state index contributed by atoms with van der Waals surface area (Å²) in [5.41, 5.74) is 12.7. The lowest BCUT2D eigenvalue weighted by Crippen LogP contribution is -2.32. The average Bonchev–Trinajstić information content (AvgIpc) is 3.60. The van der Waals surface area contributed by atoms with Crippen LogP contribution >= 0.6 is 0 Å². The second kappa shape index (κ2) is 14.0. The lowest BCUT2D eigenvalue weighted by molar-refractivity contribution is 0.0957. The van der Waals surface area contributed by atoms with Gasteiger partial charge in [-0.2, -0.15) is 5.10 Å². The molecule has 0 aliphatic carbocycles. The van der Waals surface area contributed by atoms with Crippen molar-refractivity contribution in [3.05, 3.63) is 106 Å². The van der Waals surface area contributed by atoms with Crippen molar-refractivity contribution in [3.8, 4) is 22.5 Å². The topological polar surface area (TPSA) is 163 Å². The zero-order valence-electron chi connectivity index (χ0n) is 27.0. The fraction of sp³-hybridized carbons (Fsp3) is 0.257. The summed E-state index contributed by atoms with van der Waals surface area (Å²) in [4.78, 5) is 7.78. The molecule has 0 amide bonds. The Labute approximate surface area is 278 Å². The van der Waals surface area contributed by atoms with Gasteiger partial charge in [-0.15, -0.1) is 0 Å². The molecule has 0 spiro atoms. The third-order valence-corrected chi connectivity index (χ3v) is 8.71. The Morgan fingerprint density at radius 3 is 2.69 bits per heavy atom. The van der Waals surface area contributed by atoms with Crippen molar-refractivity contribution in [2.24, 2.45) is 5.73 Å². The van der Waals surface area contributed by atoms with E-state index in [1.165, 1.54) is 12.1 Å². The molecule has 48 heavy (non-hydrogen) atoms. The van der Waals surface area contributed by atoms with Crippen LogP contribution in [0.4, 0.5) is 4.39 Å². The first-order valence-corrected chi connectivity index (χ1v) is 17.6. The Morgan fingerprint density at radius 2 is 1.94 bits per heavy atom. The molecular formula is C35H39FN8O3S. The van der Waals surface area contributed by atoms with Gasteiger partial charge in [0.1, 0.15) is 23.4 Å². The zero-order valence-corrected chi connectivity index (χ0v) is 27.8. The Hall–Kier alpha value is -4.98. The number of ether oxygens (including phenoxy) is 1. The third-order valence-electron chi connectivity index (χ3n) is 8.04. The van der Waals surface area contributed by atoms with Crippen LogP contribution in [0.3, 0.4) is 0 Å². The van der Waals surface area contributed by atoms with E-state index in [0.29, 0.717) is 22.4 Å². The van der Waals surface area contributed by atoms with Crippen LogP contribution in [0.15, 0.2) is 83.7 Å². The fourth-order valence-corrected chi connectivity index (χ4v) is 6.22. The van der Waals surface area contributed by atoms with E-state index >= 15 is 0 Å². The summed E-state index contributed by atoms with van der Waals surface area (Å²) in [6.45, 7) is 5.91. The minimum atomic E-state index is -3.44. The molecule has 4 aromatic rings. The monoisotopic (exact) mass is 670 g/mol. The van der Waals surface area contributed by atoms with E-state index in [-0.39, 0.29) is 12.6 Å². The molecule has 5 heterocycles. The Balaban J connectivity index is 1.30. The smallest absolute Gasteiger partial charge is 0.209 e. The van der Waals surface area contributed by atoms with Crippen LogP contribution in [0, 0.1) is 5.82 Å². The number of sulfonamides is 1. The summed E-state index contributed by atoms with van der Waals surface area (Å²) < 4.78 is 46.7. The summed E-state index contributed by atoms with van der Waals surface area (Å²) in [7, 11) is -3.44. The van der Waals surface area contributed by atoms with Crippen molar-refractivity contribution in [2.45, 2.75) is 39.3 Å². The van der Waals surface area contributed by atoms with Gasteiger partial charge in [0.15, 0.2) is 0 Å². The molecule has 0 unspecified atom stereocenters. The van der Waals surface area contributed by atoms with Crippen LogP contribution in [0.2, 0.25) is 0 Å². The number of hydrogen-bond acceptors (Lipinski definition) is 8. The molecule has 1 aromatic carbocycles. The van der Waals surface area contributed by atoms with Gasteiger partial charge in [-0.1, -0.05) is 5.57 Å². The highest BCUT2D eigenvalue weighted by atomic mass is 32.2. The standard InChI is InChI=1S/C35H39FN8O3S/c1-21(2)10-27(47-26-6-8-38-9-7-26)14-24(16-37)31-4-5-32-30(19-40-31)35(44-43-32)33-15-28-29(18-39-20-34(28)42-33)23-11-22(12-25(36)13-23)17-41-48(3,45)46/h4-5,10-16,18-20,26,38,40-43H,6-9,17,37H2,1-3H3/b24-16+,27-14+. The summed E-state index contributed by atoms with van der Waals surface area (Å²) in [5, 5.41) is 16.9. The van der Waals surface area contributed by atoms with Crippen LogP contribution in [-0.4, -0.2) is 54.0 Å². The molecule has 0 radical (unpaired) electrons. The van der Waals surface area contributed by atoms with Crippen LogP contribution in [0.5, 0.6) is 0 Å². The van der Waals surface area contributed by atoms with E-state index in [9.17, 15) is 12.8 Å². The number of rotatable bonds is 10. The molecule has 2 aliphatic heterocycles. The number of nitrogens with zero attached hydrogens (tertiary/aromatic N) is 2. The number of fused-ring (bicyclic) bond motifs is 2. The Kier molecular flexibility index (Phi) is 9.62. The summed E-state index contributed by atoms with van der Waals surface area (Å²) >= 11 is 0. The number of piperidine rings is 1. The highest BCUT2D eigenvalue weighted by molar-refractivity contribution is 7.88. The minimum absolute atomic E-state index is 0.0293. The van der Waals surface area contributed by atoms with Crippen LogP contribution in [0.25, 0.3) is 45.7 Å². The third kappa shape index (κ3) is 7.76. The molecule has 1 saturated heterocycles. The molecule has 13 heteroatoms. The van der Waals surface area contributed by atoms with E-state index in [0.717, 1.165) is 82.0 Å². The maximum absolute atomic E-state index is 14.7. The Bertz CT molecular complexity index is 2200. The normalized spacial score (nSPS) is 15.9. The van der Waals surface area contributed by atoms with Crippen molar-refractivity contribution in [1.29, 1.82) is 0 Å². The molecule has 6 rings (SSSR count). The highest BCUT2D eigenvalue weighted by Crippen LogP contribution is 2.31. The molecule has 0 saturated carbocycles. The van der Waals surface area contributed by atoms with Crippen LogP contribution in [-0.2, 0) is 21.3 Å². The number of aromatic amines is 2. The van der Waals surface area contributed by atoms with E-state index in [4.69, 9.17) is 10.5 Å². The number of benzene rings is 1. The number of allylic oxidation sites excluding steroid dienone is 4. The number of aromatic nitrogens is 4. The highest BCUT2D eigenvalue weighted by Gasteiger charge is 2.17. The molecule has 250 valence electrons. The quantitative estimate of drug-likeness (QED) is 0.111. The maximum Gasteiger partial charge on any atom is 0.209 e. The molecule has 1 fully saturated rings. The first-order chi connectivity index (χ1) is 23.1. The van der Waals surface area contributed by atoms with Gasteiger partial charge in [0.25, 0.3) is 0 Å². The van der Waals surface area contributed by atoms with E-state index in [1.807, 2.05) is 50.4 Å². The van der Waals surface area contributed by atoms with Crippen molar-refractivity contribution >= 4 is 33.2 Å². The summed E-state index contributed by atoms with van der Waals surface area (Å²) in [6, 6.07) is 6.42. The van der Waals surface area contributed by atoms with Crippen LogP contribution < -0.4 is 31.7 Å². The van der Waals surface area contributed by atoms with Gasteiger partial charge in [-0.3, -0.25) is 10.1 Å². The van der Waals surface area contributed by atoms with Crippen molar-refractivity contribution in [1.82, 2.24) is 35.5 Å². The van der Waals surface area contributed by atoms with Gasteiger partial charge in [0, 0.05) is 52.6 Å². The predicted molar refractivity (Wildman–Crippen MR) is 187 cm³/mol.